The number of aryl methyl sites for hydroxylation is 1. The maximum absolute atomic E-state index is 12.2. The van der Waals surface area contributed by atoms with Crippen molar-refractivity contribution in [1.82, 2.24) is 10.6 Å². The van der Waals surface area contributed by atoms with Crippen LogP contribution in [-0.2, 0) is 4.79 Å². The molecular weight excluding hydrogens is 284 g/mol. The van der Waals surface area contributed by atoms with Crippen LogP contribution in [0.15, 0.2) is 24.3 Å². The summed E-state index contributed by atoms with van der Waals surface area (Å²) in [5.74, 6) is 1.51. The van der Waals surface area contributed by atoms with Gasteiger partial charge >= 0.3 is 0 Å². The standard InChI is InChI=1S/C17H24N2O.ClH/c1-12-5-2-3-7-14(12)15-9-16(15)17(20)19-11-13-6-4-8-18-10-13;/h2-3,5,7,13,15-16,18H,4,6,8-11H2,1H3,(H,19,20);1H. The SMILES string of the molecule is Cc1ccccc1C1CC1C(=O)NCC1CCCNC1.Cl. The minimum Gasteiger partial charge on any atom is -0.356 e. The molecule has 1 heterocycles. The van der Waals surface area contributed by atoms with Crippen molar-refractivity contribution >= 4 is 18.3 Å². The molecule has 1 aliphatic carbocycles. The summed E-state index contributed by atoms with van der Waals surface area (Å²) in [6.07, 6.45) is 3.48. The Morgan fingerprint density at radius 2 is 2.19 bits per heavy atom. The van der Waals surface area contributed by atoms with E-state index < -0.39 is 0 Å². The topological polar surface area (TPSA) is 41.1 Å². The molecule has 116 valence electrons. The molecule has 1 aromatic rings. The Balaban J connectivity index is 0.00000161. The van der Waals surface area contributed by atoms with E-state index in [0.717, 1.165) is 26.1 Å². The Hall–Kier alpha value is -1.06. The predicted octanol–water partition coefficient (Wildman–Crippen LogP) is 2.64. The summed E-state index contributed by atoms with van der Waals surface area (Å²) in [7, 11) is 0. The zero-order valence-electron chi connectivity index (χ0n) is 12.6. The third-order valence-corrected chi connectivity index (χ3v) is 4.68. The van der Waals surface area contributed by atoms with E-state index in [2.05, 4.69) is 41.8 Å². The minimum absolute atomic E-state index is 0. The van der Waals surface area contributed by atoms with Crippen LogP contribution in [0.2, 0.25) is 0 Å². The first kappa shape index (κ1) is 16.3. The van der Waals surface area contributed by atoms with Gasteiger partial charge in [0.1, 0.15) is 0 Å². The lowest BCUT2D eigenvalue weighted by Crippen LogP contribution is -2.38. The second-order valence-electron chi connectivity index (χ2n) is 6.26. The van der Waals surface area contributed by atoms with Gasteiger partial charge in [-0.05, 0) is 62.2 Å². The maximum atomic E-state index is 12.2. The molecule has 1 saturated heterocycles. The lowest BCUT2D eigenvalue weighted by molar-refractivity contribution is -0.122. The van der Waals surface area contributed by atoms with Crippen LogP contribution in [0, 0.1) is 18.8 Å². The molecule has 2 aliphatic rings. The highest BCUT2D eigenvalue weighted by Gasteiger charge is 2.44. The molecule has 0 spiro atoms. The number of benzene rings is 1. The van der Waals surface area contributed by atoms with E-state index in [9.17, 15) is 4.79 Å². The molecule has 0 radical (unpaired) electrons. The average molecular weight is 309 g/mol. The Labute approximate surface area is 133 Å². The number of halogens is 1. The number of carbonyl (C=O) groups excluding carboxylic acids is 1. The number of carbonyl (C=O) groups is 1. The lowest BCUT2D eigenvalue weighted by atomic mass is 9.99. The number of nitrogens with one attached hydrogen (secondary N) is 2. The summed E-state index contributed by atoms with van der Waals surface area (Å²) in [6.45, 7) is 5.15. The molecule has 0 aromatic heterocycles. The quantitative estimate of drug-likeness (QED) is 0.898. The van der Waals surface area contributed by atoms with Crippen molar-refractivity contribution < 1.29 is 4.79 Å². The van der Waals surface area contributed by atoms with Gasteiger partial charge in [-0.2, -0.15) is 0 Å². The molecule has 1 amide bonds. The Kier molecular flexibility index (Phi) is 5.65. The molecule has 2 N–H and O–H groups in total. The normalized spacial score (nSPS) is 27.6. The number of rotatable bonds is 4. The predicted molar refractivity (Wildman–Crippen MR) is 87.9 cm³/mol. The summed E-state index contributed by atoms with van der Waals surface area (Å²) < 4.78 is 0. The fourth-order valence-corrected chi connectivity index (χ4v) is 3.31. The van der Waals surface area contributed by atoms with Crippen LogP contribution in [0.5, 0.6) is 0 Å². The molecule has 3 atom stereocenters. The molecule has 1 aliphatic heterocycles. The van der Waals surface area contributed by atoms with Gasteiger partial charge in [0.15, 0.2) is 0 Å². The Morgan fingerprint density at radius 3 is 2.90 bits per heavy atom. The van der Waals surface area contributed by atoms with Crippen LogP contribution in [0.4, 0.5) is 0 Å². The van der Waals surface area contributed by atoms with Gasteiger partial charge in [-0.25, -0.2) is 0 Å². The van der Waals surface area contributed by atoms with Crippen molar-refractivity contribution in [2.24, 2.45) is 11.8 Å². The van der Waals surface area contributed by atoms with Crippen molar-refractivity contribution in [1.29, 1.82) is 0 Å². The maximum Gasteiger partial charge on any atom is 0.223 e. The summed E-state index contributed by atoms with van der Waals surface area (Å²) in [4.78, 5) is 12.2. The number of amides is 1. The second kappa shape index (κ2) is 7.28. The van der Waals surface area contributed by atoms with Gasteiger partial charge in [-0.1, -0.05) is 24.3 Å². The molecule has 1 aromatic carbocycles. The van der Waals surface area contributed by atoms with Crippen molar-refractivity contribution in [3.63, 3.8) is 0 Å². The van der Waals surface area contributed by atoms with E-state index in [1.54, 1.807) is 0 Å². The first-order valence-corrected chi connectivity index (χ1v) is 7.79. The van der Waals surface area contributed by atoms with Gasteiger partial charge in [0.05, 0.1) is 0 Å². The van der Waals surface area contributed by atoms with E-state index in [0.29, 0.717) is 11.8 Å². The van der Waals surface area contributed by atoms with Crippen molar-refractivity contribution in [3.8, 4) is 0 Å². The number of hydrogen-bond acceptors (Lipinski definition) is 2. The van der Waals surface area contributed by atoms with Crippen LogP contribution >= 0.6 is 12.4 Å². The van der Waals surface area contributed by atoms with Gasteiger partial charge in [0.25, 0.3) is 0 Å². The average Bonchev–Trinajstić information content (AvgIpc) is 3.27. The molecule has 1 saturated carbocycles. The van der Waals surface area contributed by atoms with Crippen LogP contribution in [0.1, 0.15) is 36.3 Å². The van der Waals surface area contributed by atoms with E-state index in [-0.39, 0.29) is 24.2 Å². The molecule has 3 unspecified atom stereocenters. The van der Waals surface area contributed by atoms with E-state index >= 15 is 0 Å². The van der Waals surface area contributed by atoms with Crippen molar-refractivity contribution in [2.45, 2.75) is 32.1 Å². The summed E-state index contributed by atoms with van der Waals surface area (Å²) in [6, 6.07) is 8.43. The minimum atomic E-state index is 0. The highest BCUT2D eigenvalue weighted by Crippen LogP contribution is 2.48. The molecule has 21 heavy (non-hydrogen) atoms. The summed E-state index contributed by atoms with van der Waals surface area (Å²) in [5.41, 5.74) is 2.66. The monoisotopic (exact) mass is 308 g/mol. The number of hydrogen-bond donors (Lipinski definition) is 2. The fraction of sp³-hybridized carbons (Fsp3) is 0.588. The van der Waals surface area contributed by atoms with E-state index in [1.807, 2.05) is 0 Å². The van der Waals surface area contributed by atoms with Crippen LogP contribution in [0.3, 0.4) is 0 Å². The van der Waals surface area contributed by atoms with Crippen molar-refractivity contribution in [2.75, 3.05) is 19.6 Å². The van der Waals surface area contributed by atoms with Crippen LogP contribution < -0.4 is 10.6 Å². The highest BCUT2D eigenvalue weighted by atomic mass is 35.5. The van der Waals surface area contributed by atoms with E-state index in [1.165, 1.54) is 24.0 Å². The Morgan fingerprint density at radius 1 is 1.38 bits per heavy atom. The van der Waals surface area contributed by atoms with Crippen molar-refractivity contribution in [3.05, 3.63) is 35.4 Å². The fourth-order valence-electron chi connectivity index (χ4n) is 3.31. The summed E-state index contributed by atoms with van der Waals surface area (Å²) >= 11 is 0. The van der Waals surface area contributed by atoms with Crippen LogP contribution in [0.25, 0.3) is 0 Å². The third kappa shape index (κ3) is 3.98. The number of piperidine rings is 1. The third-order valence-electron chi connectivity index (χ3n) is 4.68. The lowest BCUT2D eigenvalue weighted by Gasteiger charge is -2.22. The molecule has 3 rings (SSSR count). The van der Waals surface area contributed by atoms with Gasteiger partial charge in [-0.15, -0.1) is 12.4 Å². The first-order valence-electron chi connectivity index (χ1n) is 7.79. The summed E-state index contributed by atoms with van der Waals surface area (Å²) in [5, 5.41) is 6.55. The molecular formula is C17H25ClN2O. The molecule has 3 nitrogen and oxygen atoms in total. The molecule has 0 bridgehead atoms. The largest absolute Gasteiger partial charge is 0.356 e. The van der Waals surface area contributed by atoms with Gasteiger partial charge in [-0.3, -0.25) is 4.79 Å². The first-order chi connectivity index (χ1) is 9.75. The molecule has 4 heteroatoms. The van der Waals surface area contributed by atoms with Gasteiger partial charge in [0, 0.05) is 12.5 Å². The smallest absolute Gasteiger partial charge is 0.223 e. The zero-order valence-corrected chi connectivity index (χ0v) is 13.4. The second-order valence-corrected chi connectivity index (χ2v) is 6.26. The van der Waals surface area contributed by atoms with E-state index in [4.69, 9.17) is 0 Å². The van der Waals surface area contributed by atoms with Gasteiger partial charge < -0.3 is 10.6 Å². The zero-order chi connectivity index (χ0) is 13.9. The van der Waals surface area contributed by atoms with Crippen LogP contribution in [-0.4, -0.2) is 25.5 Å². The van der Waals surface area contributed by atoms with Gasteiger partial charge in [0.2, 0.25) is 5.91 Å². The highest BCUT2D eigenvalue weighted by molar-refractivity contribution is 5.85. The Bertz CT molecular complexity index is 485. The molecule has 2 fully saturated rings.